The summed E-state index contributed by atoms with van der Waals surface area (Å²) in [5.74, 6) is 0.747. The van der Waals surface area contributed by atoms with E-state index in [2.05, 4.69) is 16.7 Å². The van der Waals surface area contributed by atoms with Crippen molar-refractivity contribution in [1.29, 1.82) is 0 Å². The summed E-state index contributed by atoms with van der Waals surface area (Å²) in [5.41, 5.74) is 0.655. The number of hydrogen-bond donors (Lipinski definition) is 0. The molecule has 1 amide bonds. The lowest BCUT2D eigenvalue weighted by molar-refractivity contribution is -0.139. The van der Waals surface area contributed by atoms with Crippen LogP contribution >= 0.6 is 0 Å². The average molecular weight is 389 g/mol. The van der Waals surface area contributed by atoms with E-state index in [9.17, 15) is 9.18 Å². The molecule has 0 unspecified atom stereocenters. The van der Waals surface area contributed by atoms with Crippen molar-refractivity contribution in [1.82, 2.24) is 9.80 Å². The number of halogens is 1. The molecule has 1 aliphatic carbocycles. The van der Waals surface area contributed by atoms with Gasteiger partial charge in [0.2, 0.25) is 5.91 Å². The van der Waals surface area contributed by atoms with Crippen LogP contribution in [0, 0.1) is 17.2 Å². The third-order valence-electron chi connectivity index (χ3n) is 6.79. The Kier molecular flexibility index (Phi) is 6.02. The number of hydrogen-bond acceptors (Lipinski definition) is 3. The van der Waals surface area contributed by atoms with Gasteiger partial charge in [0.15, 0.2) is 0 Å². The van der Waals surface area contributed by atoms with E-state index in [4.69, 9.17) is 4.74 Å². The molecule has 0 radical (unpaired) electrons. The van der Waals surface area contributed by atoms with Gasteiger partial charge in [-0.1, -0.05) is 25.1 Å². The first-order chi connectivity index (χ1) is 13.5. The molecule has 4 rings (SSSR count). The highest BCUT2D eigenvalue weighted by Gasteiger charge is 2.47. The Morgan fingerprint density at radius 1 is 1.21 bits per heavy atom. The molecule has 3 fully saturated rings. The maximum Gasteiger partial charge on any atom is 0.228 e. The van der Waals surface area contributed by atoms with Gasteiger partial charge in [0.25, 0.3) is 0 Å². The molecule has 0 bridgehead atoms. The summed E-state index contributed by atoms with van der Waals surface area (Å²) >= 11 is 0. The van der Waals surface area contributed by atoms with E-state index in [1.807, 2.05) is 12.1 Å². The number of ether oxygens (including phenoxy) is 1. The van der Waals surface area contributed by atoms with Crippen LogP contribution in [0.1, 0.15) is 51.0 Å². The van der Waals surface area contributed by atoms with E-state index < -0.39 is 0 Å². The molecule has 0 aromatic heterocycles. The van der Waals surface area contributed by atoms with Crippen LogP contribution in [0.4, 0.5) is 4.39 Å². The molecule has 5 heteroatoms. The lowest BCUT2D eigenvalue weighted by Crippen LogP contribution is -2.45. The van der Waals surface area contributed by atoms with Crippen LogP contribution in [-0.2, 0) is 16.1 Å². The zero-order valence-electron chi connectivity index (χ0n) is 17.0. The highest BCUT2D eigenvalue weighted by molar-refractivity contribution is 5.85. The lowest BCUT2D eigenvalue weighted by Gasteiger charge is -2.36. The number of amides is 1. The van der Waals surface area contributed by atoms with Crippen molar-refractivity contribution < 1.29 is 13.9 Å². The van der Waals surface area contributed by atoms with Crippen molar-refractivity contribution >= 4 is 5.91 Å². The van der Waals surface area contributed by atoms with E-state index in [0.717, 1.165) is 76.9 Å². The summed E-state index contributed by atoms with van der Waals surface area (Å²) in [6.07, 6.45) is 6.58. The zero-order valence-corrected chi connectivity index (χ0v) is 17.0. The van der Waals surface area contributed by atoms with Crippen LogP contribution in [0.5, 0.6) is 0 Å². The first-order valence-corrected chi connectivity index (χ1v) is 10.9. The van der Waals surface area contributed by atoms with Gasteiger partial charge in [0.1, 0.15) is 5.82 Å². The molecule has 3 aliphatic rings. The lowest BCUT2D eigenvalue weighted by atomic mass is 9.94. The predicted octanol–water partition coefficient (Wildman–Crippen LogP) is 3.85. The summed E-state index contributed by atoms with van der Waals surface area (Å²) in [4.78, 5) is 17.5. The first-order valence-electron chi connectivity index (χ1n) is 10.9. The number of benzene rings is 1. The van der Waals surface area contributed by atoms with E-state index in [1.165, 1.54) is 6.07 Å². The van der Waals surface area contributed by atoms with Gasteiger partial charge in [0.05, 0.1) is 6.10 Å². The van der Waals surface area contributed by atoms with Gasteiger partial charge in [-0.3, -0.25) is 9.69 Å². The van der Waals surface area contributed by atoms with Gasteiger partial charge in [-0.15, -0.1) is 0 Å². The molecule has 1 aromatic carbocycles. The van der Waals surface area contributed by atoms with Gasteiger partial charge in [-0.25, -0.2) is 4.39 Å². The minimum Gasteiger partial charge on any atom is -0.376 e. The van der Waals surface area contributed by atoms with E-state index in [-0.39, 0.29) is 17.3 Å². The van der Waals surface area contributed by atoms with Crippen LogP contribution in [0.15, 0.2) is 24.3 Å². The third-order valence-corrected chi connectivity index (χ3v) is 6.79. The quantitative estimate of drug-likeness (QED) is 0.711. The van der Waals surface area contributed by atoms with Gasteiger partial charge < -0.3 is 9.64 Å². The third kappa shape index (κ3) is 4.74. The molecule has 28 heavy (non-hydrogen) atoms. The summed E-state index contributed by atoms with van der Waals surface area (Å²) < 4.78 is 19.7. The largest absolute Gasteiger partial charge is 0.376 e. The smallest absolute Gasteiger partial charge is 0.228 e. The molecule has 1 atom stereocenters. The fraction of sp³-hybridized carbons (Fsp3) is 0.696. The maximum atomic E-state index is 13.9. The highest BCUT2D eigenvalue weighted by atomic mass is 19.1. The standard InChI is InChI=1S/C23H33FN2O2/c1-23(10-11-23)22(27)26(17-20-6-4-14-28-20)15-18-8-12-25(13-9-18)16-19-5-2-3-7-21(19)24/h2-3,5,7,18,20H,4,6,8-17H2,1H3/t20-/m0/s1. The molecular weight excluding hydrogens is 355 g/mol. The van der Waals surface area contributed by atoms with E-state index in [1.54, 1.807) is 6.07 Å². The van der Waals surface area contributed by atoms with Crippen LogP contribution in [0.3, 0.4) is 0 Å². The minimum absolute atomic E-state index is 0.115. The molecule has 2 aliphatic heterocycles. The van der Waals surface area contributed by atoms with Crippen LogP contribution in [-0.4, -0.2) is 54.6 Å². The zero-order chi connectivity index (χ0) is 19.6. The number of rotatable bonds is 7. The van der Waals surface area contributed by atoms with Crippen LogP contribution in [0.2, 0.25) is 0 Å². The fourth-order valence-corrected chi connectivity index (χ4v) is 4.56. The minimum atomic E-state index is -0.121. The molecule has 1 saturated carbocycles. The highest BCUT2D eigenvalue weighted by Crippen LogP contribution is 2.46. The van der Waals surface area contributed by atoms with Gasteiger partial charge in [-0.05, 0) is 63.6 Å². The maximum absolute atomic E-state index is 13.9. The second kappa shape index (κ2) is 8.50. The van der Waals surface area contributed by atoms with Crippen molar-refractivity contribution in [2.75, 3.05) is 32.8 Å². The number of carbonyl (C=O) groups excluding carboxylic acids is 1. The van der Waals surface area contributed by atoms with Crippen molar-refractivity contribution in [3.05, 3.63) is 35.6 Å². The SMILES string of the molecule is CC1(C(=O)N(CC2CCN(Cc3ccccc3F)CC2)C[C@@H]2CCCO2)CC1. The Morgan fingerprint density at radius 2 is 1.96 bits per heavy atom. The van der Waals surface area contributed by atoms with E-state index in [0.29, 0.717) is 18.4 Å². The van der Waals surface area contributed by atoms with Gasteiger partial charge in [0, 0.05) is 37.2 Å². The summed E-state index contributed by atoms with van der Waals surface area (Å²) in [6, 6.07) is 7.05. The summed E-state index contributed by atoms with van der Waals surface area (Å²) in [5, 5.41) is 0. The predicted molar refractivity (Wildman–Crippen MR) is 107 cm³/mol. The Balaban J connectivity index is 1.30. The number of carbonyl (C=O) groups is 1. The molecule has 2 saturated heterocycles. The van der Waals surface area contributed by atoms with Gasteiger partial charge >= 0.3 is 0 Å². The Bertz CT molecular complexity index is 677. The van der Waals surface area contributed by atoms with Crippen molar-refractivity contribution in [2.45, 2.75) is 58.1 Å². The molecule has 0 N–H and O–H groups in total. The first kappa shape index (κ1) is 19.8. The molecule has 154 valence electrons. The fourth-order valence-electron chi connectivity index (χ4n) is 4.56. The summed E-state index contributed by atoms with van der Waals surface area (Å²) in [6.45, 7) is 7.16. The van der Waals surface area contributed by atoms with Gasteiger partial charge in [-0.2, -0.15) is 0 Å². The summed E-state index contributed by atoms with van der Waals surface area (Å²) in [7, 11) is 0. The van der Waals surface area contributed by atoms with Crippen LogP contribution in [0.25, 0.3) is 0 Å². The van der Waals surface area contributed by atoms with Crippen molar-refractivity contribution in [3.63, 3.8) is 0 Å². The van der Waals surface area contributed by atoms with Crippen LogP contribution < -0.4 is 0 Å². The molecule has 4 nitrogen and oxygen atoms in total. The Hall–Kier alpha value is -1.46. The molecule has 2 heterocycles. The van der Waals surface area contributed by atoms with Crippen molar-refractivity contribution in [3.8, 4) is 0 Å². The molecule has 0 spiro atoms. The Morgan fingerprint density at radius 3 is 2.61 bits per heavy atom. The second-order valence-electron chi connectivity index (χ2n) is 9.22. The molecular formula is C23H33FN2O2. The molecule has 1 aromatic rings. The normalized spacial score (nSPS) is 25.0. The number of piperidine rings is 1. The topological polar surface area (TPSA) is 32.8 Å². The second-order valence-corrected chi connectivity index (χ2v) is 9.22. The number of likely N-dealkylation sites (tertiary alicyclic amines) is 1. The number of nitrogens with zero attached hydrogens (tertiary/aromatic N) is 2. The van der Waals surface area contributed by atoms with Crippen molar-refractivity contribution in [2.24, 2.45) is 11.3 Å². The Labute approximate surface area is 168 Å². The van der Waals surface area contributed by atoms with E-state index >= 15 is 0 Å². The monoisotopic (exact) mass is 388 g/mol. The average Bonchev–Trinajstić information content (AvgIpc) is 3.24.